The van der Waals surface area contributed by atoms with E-state index < -0.39 is 0 Å². The maximum Gasteiger partial charge on any atom is 0.167 e. The summed E-state index contributed by atoms with van der Waals surface area (Å²) in [7, 11) is 0. The first kappa shape index (κ1) is 15.4. The molecular weight excluding hydrogens is 254 g/mol. The van der Waals surface area contributed by atoms with Crippen LogP contribution in [0.2, 0.25) is 0 Å². The lowest BCUT2D eigenvalue weighted by molar-refractivity contribution is 0.0130. The molecule has 20 heavy (non-hydrogen) atoms. The topological polar surface area (TPSA) is 64.9 Å². The average Bonchev–Trinajstić information content (AvgIpc) is 2.84. The highest BCUT2D eigenvalue weighted by molar-refractivity contribution is 4.91. The van der Waals surface area contributed by atoms with E-state index in [1.54, 1.807) is 0 Å². The summed E-state index contributed by atoms with van der Waals surface area (Å²) in [6, 6.07) is 0.177. The number of nitrogens with zero attached hydrogens (tertiary/aromatic N) is 4. The van der Waals surface area contributed by atoms with Crippen molar-refractivity contribution in [1.29, 1.82) is 0 Å². The van der Waals surface area contributed by atoms with Crippen LogP contribution in [0.3, 0.4) is 0 Å². The number of aromatic nitrogens is 4. The fraction of sp³-hybridized carbons (Fsp3) is 0.929. The standard InChI is InChI=1S/C14H27N5O/c1-11(2)9-15-12(3)13-16-17-18-19(13)10-14(4)5-7-20-8-6-14/h11-12,15H,5-10H2,1-4H3. The number of hydrogen-bond donors (Lipinski definition) is 1. The maximum absolute atomic E-state index is 5.45. The summed E-state index contributed by atoms with van der Waals surface area (Å²) in [5.74, 6) is 1.55. The van der Waals surface area contributed by atoms with Gasteiger partial charge in [-0.3, -0.25) is 0 Å². The number of tetrazole rings is 1. The largest absolute Gasteiger partial charge is 0.381 e. The summed E-state index contributed by atoms with van der Waals surface area (Å²) in [6.07, 6.45) is 2.14. The Morgan fingerprint density at radius 3 is 2.65 bits per heavy atom. The first-order valence-corrected chi connectivity index (χ1v) is 7.57. The van der Waals surface area contributed by atoms with Crippen LogP contribution < -0.4 is 5.32 Å². The summed E-state index contributed by atoms with van der Waals surface area (Å²) >= 11 is 0. The molecule has 6 nitrogen and oxygen atoms in total. The minimum atomic E-state index is 0.177. The molecule has 6 heteroatoms. The second-order valence-electron chi connectivity index (χ2n) is 6.64. The molecule has 0 aliphatic carbocycles. The maximum atomic E-state index is 5.45. The van der Waals surface area contributed by atoms with E-state index in [2.05, 4.69) is 48.5 Å². The zero-order valence-corrected chi connectivity index (χ0v) is 13.1. The van der Waals surface area contributed by atoms with Gasteiger partial charge in [0.05, 0.1) is 12.6 Å². The number of rotatable bonds is 6. The normalized spacial score (nSPS) is 20.2. The van der Waals surface area contributed by atoms with Crippen molar-refractivity contribution in [3.05, 3.63) is 5.82 Å². The second-order valence-corrected chi connectivity index (χ2v) is 6.64. The van der Waals surface area contributed by atoms with Crippen LogP contribution in [-0.2, 0) is 11.3 Å². The van der Waals surface area contributed by atoms with E-state index in [9.17, 15) is 0 Å². The van der Waals surface area contributed by atoms with Gasteiger partial charge in [0.1, 0.15) is 0 Å². The summed E-state index contributed by atoms with van der Waals surface area (Å²) < 4.78 is 7.42. The van der Waals surface area contributed by atoms with E-state index in [0.29, 0.717) is 5.92 Å². The molecular formula is C14H27N5O. The van der Waals surface area contributed by atoms with Crippen LogP contribution in [0.4, 0.5) is 0 Å². The highest BCUT2D eigenvalue weighted by Gasteiger charge is 2.30. The molecule has 1 aromatic rings. The third-order valence-corrected chi connectivity index (χ3v) is 4.01. The number of ether oxygens (including phenoxy) is 1. The van der Waals surface area contributed by atoms with Crippen molar-refractivity contribution >= 4 is 0 Å². The van der Waals surface area contributed by atoms with E-state index in [0.717, 1.165) is 45.0 Å². The Kier molecular flexibility index (Phi) is 5.10. The van der Waals surface area contributed by atoms with Crippen LogP contribution in [0, 0.1) is 11.3 Å². The molecule has 0 amide bonds. The Hall–Kier alpha value is -1.01. The van der Waals surface area contributed by atoms with Crippen LogP contribution in [-0.4, -0.2) is 40.0 Å². The van der Waals surface area contributed by atoms with E-state index in [1.165, 1.54) is 0 Å². The van der Waals surface area contributed by atoms with Gasteiger partial charge in [-0.25, -0.2) is 4.68 Å². The molecule has 0 saturated carbocycles. The third kappa shape index (κ3) is 3.99. The fourth-order valence-corrected chi connectivity index (χ4v) is 2.52. The Bertz CT molecular complexity index is 411. The molecule has 2 rings (SSSR count). The molecule has 1 aliphatic heterocycles. The molecule has 1 aromatic heterocycles. The first-order chi connectivity index (χ1) is 9.50. The molecule has 0 radical (unpaired) electrons. The van der Waals surface area contributed by atoms with Crippen LogP contribution in [0.15, 0.2) is 0 Å². The lowest BCUT2D eigenvalue weighted by Gasteiger charge is -2.33. The lowest BCUT2D eigenvalue weighted by atomic mass is 9.82. The van der Waals surface area contributed by atoms with Crippen molar-refractivity contribution in [2.24, 2.45) is 11.3 Å². The predicted molar refractivity (Wildman–Crippen MR) is 77.2 cm³/mol. The summed E-state index contributed by atoms with van der Waals surface area (Å²) in [5.41, 5.74) is 0.236. The zero-order chi connectivity index (χ0) is 14.6. The molecule has 2 heterocycles. The minimum absolute atomic E-state index is 0.177. The van der Waals surface area contributed by atoms with E-state index in [-0.39, 0.29) is 11.5 Å². The molecule has 1 aliphatic rings. The lowest BCUT2D eigenvalue weighted by Crippen LogP contribution is -2.33. The highest BCUT2D eigenvalue weighted by Crippen LogP contribution is 2.31. The van der Waals surface area contributed by atoms with Gasteiger partial charge in [0.25, 0.3) is 0 Å². The van der Waals surface area contributed by atoms with Crippen molar-refractivity contribution in [2.45, 2.75) is 53.1 Å². The zero-order valence-electron chi connectivity index (χ0n) is 13.1. The van der Waals surface area contributed by atoms with E-state index in [1.807, 2.05) is 4.68 Å². The first-order valence-electron chi connectivity index (χ1n) is 7.57. The van der Waals surface area contributed by atoms with Crippen molar-refractivity contribution in [3.8, 4) is 0 Å². The van der Waals surface area contributed by atoms with E-state index >= 15 is 0 Å². The quantitative estimate of drug-likeness (QED) is 0.861. The highest BCUT2D eigenvalue weighted by atomic mass is 16.5. The van der Waals surface area contributed by atoms with Gasteiger partial charge in [0.15, 0.2) is 5.82 Å². The van der Waals surface area contributed by atoms with Gasteiger partial charge in [-0.2, -0.15) is 0 Å². The smallest absolute Gasteiger partial charge is 0.167 e. The van der Waals surface area contributed by atoms with E-state index in [4.69, 9.17) is 4.74 Å². The fourth-order valence-electron chi connectivity index (χ4n) is 2.52. The number of hydrogen-bond acceptors (Lipinski definition) is 5. The molecule has 114 valence electrons. The molecule has 1 N–H and O–H groups in total. The summed E-state index contributed by atoms with van der Waals surface area (Å²) in [4.78, 5) is 0. The van der Waals surface area contributed by atoms with Gasteiger partial charge in [0, 0.05) is 13.2 Å². The molecule has 0 aromatic carbocycles. The molecule has 0 spiro atoms. The monoisotopic (exact) mass is 281 g/mol. The van der Waals surface area contributed by atoms with Crippen molar-refractivity contribution < 1.29 is 4.74 Å². The Morgan fingerprint density at radius 1 is 1.30 bits per heavy atom. The van der Waals surface area contributed by atoms with Gasteiger partial charge in [-0.05, 0) is 48.1 Å². The molecule has 1 atom stereocenters. The molecule has 1 fully saturated rings. The van der Waals surface area contributed by atoms with Crippen LogP contribution >= 0.6 is 0 Å². The predicted octanol–water partition coefficient (Wildman–Crippen LogP) is 1.80. The van der Waals surface area contributed by atoms with Gasteiger partial charge in [0.2, 0.25) is 0 Å². The van der Waals surface area contributed by atoms with Crippen LogP contribution in [0.1, 0.15) is 52.4 Å². The van der Waals surface area contributed by atoms with Crippen molar-refractivity contribution in [3.63, 3.8) is 0 Å². The third-order valence-electron chi connectivity index (χ3n) is 4.01. The Labute approximate surface area is 121 Å². The van der Waals surface area contributed by atoms with Gasteiger partial charge < -0.3 is 10.1 Å². The molecule has 0 bridgehead atoms. The van der Waals surface area contributed by atoms with Crippen LogP contribution in [0.25, 0.3) is 0 Å². The van der Waals surface area contributed by atoms with Crippen LogP contribution in [0.5, 0.6) is 0 Å². The Morgan fingerprint density at radius 2 is 2.00 bits per heavy atom. The second kappa shape index (κ2) is 6.63. The molecule has 1 saturated heterocycles. The SMILES string of the molecule is CC(C)CNC(C)c1nnnn1CC1(C)CCOCC1. The Balaban J connectivity index is 2.00. The van der Waals surface area contributed by atoms with Gasteiger partial charge in [-0.1, -0.05) is 20.8 Å². The summed E-state index contributed by atoms with van der Waals surface area (Å²) in [5, 5.41) is 15.7. The number of nitrogens with one attached hydrogen (secondary N) is 1. The van der Waals surface area contributed by atoms with Gasteiger partial charge in [-0.15, -0.1) is 5.10 Å². The average molecular weight is 281 g/mol. The summed E-state index contributed by atoms with van der Waals surface area (Å²) in [6.45, 7) is 12.3. The van der Waals surface area contributed by atoms with Crippen molar-refractivity contribution in [1.82, 2.24) is 25.5 Å². The molecule has 1 unspecified atom stereocenters. The van der Waals surface area contributed by atoms with Crippen molar-refractivity contribution in [2.75, 3.05) is 19.8 Å². The minimum Gasteiger partial charge on any atom is -0.381 e. The van der Waals surface area contributed by atoms with Gasteiger partial charge >= 0.3 is 0 Å².